The lowest BCUT2D eigenvalue weighted by atomic mass is 9.95. The van der Waals surface area contributed by atoms with Gasteiger partial charge in [0.1, 0.15) is 0 Å². The summed E-state index contributed by atoms with van der Waals surface area (Å²) in [6, 6.07) is 13.0. The first kappa shape index (κ1) is 18.5. The molecule has 1 amide bonds. The van der Waals surface area contributed by atoms with Crippen LogP contribution in [0.5, 0.6) is 0 Å². The van der Waals surface area contributed by atoms with Gasteiger partial charge in [-0.3, -0.25) is 9.69 Å². The number of carbonyl (C=O) groups is 1. The molecule has 3 nitrogen and oxygen atoms in total. The van der Waals surface area contributed by atoms with Gasteiger partial charge in [0.15, 0.2) is 0 Å². The summed E-state index contributed by atoms with van der Waals surface area (Å²) in [6.07, 6.45) is 1.67. The van der Waals surface area contributed by atoms with Crippen molar-refractivity contribution in [1.29, 1.82) is 0 Å². The van der Waals surface area contributed by atoms with E-state index in [0.717, 1.165) is 37.5 Å². The summed E-state index contributed by atoms with van der Waals surface area (Å²) in [5.74, 6) is 0.0362. The van der Waals surface area contributed by atoms with Crippen molar-refractivity contribution in [2.24, 2.45) is 5.92 Å². The topological polar surface area (TPSA) is 32.3 Å². The van der Waals surface area contributed by atoms with Gasteiger partial charge in [0.25, 0.3) is 0 Å². The SMILES string of the molecule is O=C(Nc1cc(Cl)cc(Cl)c1)C1CCN(Cc2cccc(Cl)c2)CC1. The Morgan fingerprint density at radius 2 is 1.68 bits per heavy atom. The highest BCUT2D eigenvalue weighted by Crippen LogP contribution is 2.25. The zero-order valence-electron chi connectivity index (χ0n) is 13.6. The van der Waals surface area contributed by atoms with E-state index in [1.807, 2.05) is 18.2 Å². The third kappa shape index (κ3) is 5.35. The fourth-order valence-electron chi connectivity index (χ4n) is 3.12. The van der Waals surface area contributed by atoms with Crippen LogP contribution in [-0.4, -0.2) is 23.9 Å². The zero-order chi connectivity index (χ0) is 17.8. The molecule has 6 heteroatoms. The van der Waals surface area contributed by atoms with Gasteiger partial charge >= 0.3 is 0 Å². The molecule has 0 saturated carbocycles. The maximum absolute atomic E-state index is 12.5. The molecule has 1 N–H and O–H groups in total. The summed E-state index contributed by atoms with van der Waals surface area (Å²) >= 11 is 18.0. The molecule has 132 valence electrons. The normalized spacial score (nSPS) is 16.0. The number of carbonyl (C=O) groups excluding carboxylic acids is 1. The fraction of sp³-hybridized carbons (Fsp3) is 0.316. The minimum Gasteiger partial charge on any atom is -0.326 e. The number of hydrogen-bond acceptors (Lipinski definition) is 2. The van der Waals surface area contributed by atoms with E-state index in [-0.39, 0.29) is 11.8 Å². The van der Waals surface area contributed by atoms with Crippen LogP contribution < -0.4 is 5.32 Å². The summed E-state index contributed by atoms with van der Waals surface area (Å²) in [7, 11) is 0. The number of amides is 1. The van der Waals surface area contributed by atoms with E-state index >= 15 is 0 Å². The van der Waals surface area contributed by atoms with Crippen molar-refractivity contribution in [2.75, 3.05) is 18.4 Å². The van der Waals surface area contributed by atoms with E-state index in [0.29, 0.717) is 15.7 Å². The predicted molar refractivity (Wildman–Crippen MR) is 105 cm³/mol. The maximum Gasteiger partial charge on any atom is 0.227 e. The van der Waals surface area contributed by atoms with Crippen LogP contribution in [0.3, 0.4) is 0 Å². The van der Waals surface area contributed by atoms with Crippen LogP contribution >= 0.6 is 34.8 Å². The second-order valence-corrected chi connectivity index (χ2v) is 7.64. The average molecular weight is 398 g/mol. The molecule has 1 saturated heterocycles. The Balaban J connectivity index is 1.52. The smallest absolute Gasteiger partial charge is 0.227 e. The standard InChI is InChI=1S/C19H19Cl3N2O/c20-15-3-1-2-13(8-15)12-24-6-4-14(5-7-24)19(25)23-18-10-16(21)9-17(22)11-18/h1-3,8-11,14H,4-7,12H2,(H,23,25). The Hall–Kier alpha value is -1.26. The maximum atomic E-state index is 12.5. The summed E-state index contributed by atoms with van der Waals surface area (Å²) in [4.78, 5) is 14.8. The number of nitrogens with zero attached hydrogens (tertiary/aromatic N) is 1. The molecule has 25 heavy (non-hydrogen) atoms. The lowest BCUT2D eigenvalue weighted by molar-refractivity contribution is -0.121. The molecule has 2 aromatic rings. The Morgan fingerprint density at radius 3 is 2.32 bits per heavy atom. The molecule has 0 bridgehead atoms. The van der Waals surface area contributed by atoms with E-state index < -0.39 is 0 Å². The molecular formula is C19H19Cl3N2O. The van der Waals surface area contributed by atoms with E-state index in [1.54, 1.807) is 18.2 Å². The van der Waals surface area contributed by atoms with Gasteiger partial charge in [-0.05, 0) is 61.8 Å². The zero-order valence-corrected chi connectivity index (χ0v) is 15.9. The van der Waals surface area contributed by atoms with Crippen molar-refractivity contribution in [1.82, 2.24) is 4.90 Å². The van der Waals surface area contributed by atoms with Crippen LogP contribution in [0.2, 0.25) is 15.1 Å². The number of rotatable bonds is 4. The van der Waals surface area contributed by atoms with Gasteiger partial charge in [-0.2, -0.15) is 0 Å². The summed E-state index contributed by atoms with van der Waals surface area (Å²) in [5, 5.41) is 4.70. The van der Waals surface area contributed by atoms with Crippen LogP contribution in [0.25, 0.3) is 0 Å². The Morgan fingerprint density at radius 1 is 1.00 bits per heavy atom. The monoisotopic (exact) mass is 396 g/mol. The predicted octanol–water partition coefficient (Wildman–Crippen LogP) is 5.50. The van der Waals surface area contributed by atoms with Gasteiger partial charge in [0, 0.05) is 33.2 Å². The van der Waals surface area contributed by atoms with E-state index in [1.165, 1.54) is 5.56 Å². The summed E-state index contributed by atoms with van der Waals surface area (Å²) in [5.41, 5.74) is 1.84. The van der Waals surface area contributed by atoms with Gasteiger partial charge in [-0.1, -0.05) is 46.9 Å². The molecule has 1 fully saturated rings. The Kier molecular flexibility index (Phi) is 6.24. The van der Waals surface area contributed by atoms with Crippen LogP contribution in [-0.2, 0) is 11.3 Å². The van der Waals surface area contributed by atoms with Gasteiger partial charge in [-0.15, -0.1) is 0 Å². The van der Waals surface area contributed by atoms with Crippen LogP contribution in [0, 0.1) is 5.92 Å². The Labute approximate surface area is 162 Å². The van der Waals surface area contributed by atoms with Crippen molar-refractivity contribution in [3.63, 3.8) is 0 Å². The average Bonchev–Trinajstić information content (AvgIpc) is 2.54. The molecular weight excluding hydrogens is 379 g/mol. The lowest BCUT2D eigenvalue weighted by Crippen LogP contribution is -2.37. The van der Waals surface area contributed by atoms with E-state index in [2.05, 4.69) is 16.3 Å². The van der Waals surface area contributed by atoms with Crippen molar-refractivity contribution in [3.8, 4) is 0 Å². The number of nitrogens with one attached hydrogen (secondary N) is 1. The van der Waals surface area contributed by atoms with Crippen molar-refractivity contribution < 1.29 is 4.79 Å². The number of likely N-dealkylation sites (tertiary alicyclic amines) is 1. The molecule has 1 heterocycles. The lowest BCUT2D eigenvalue weighted by Gasteiger charge is -2.31. The first-order valence-electron chi connectivity index (χ1n) is 8.23. The fourth-order valence-corrected chi connectivity index (χ4v) is 3.86. The first-order chi connectivity index (χ1) is 12.0. The molecule has 0 spiro atoms. The Bertz CT molecular complexity index is 738. The van der Waals surface area contributed by atoms with Gasteiger partial charge in [0.2, 0.25) is 5.91 Å². The van der Waals surface area contributed by atoms with Gasteiger partial charge < -0.3 is 5.32 Å². The third-order valence-electron chi connectivity index (χ3n) is 4.38. The molecule has 0 aliphatic carbocycles. The van der Waals surface area contributed by atoms with Crippen LogP contribution in [0.15, 0.2) is 42.5 Å². The van der Waals surface area contributed by atoms with Crippen LogP contribution in [0.4, 0.5) is 5.69 Å². The molecule has 0 radical (unpaired) electrons. The number of anilines is 1. The first-order valence-corrected chi connectivity index (χ1v) is 9.37. The third-order valence-corrected chi connectivity index (χ3v) is 5.06. The number of benzene rings is 2. The van der Waals surface area contributed by atoms with Gasteiger partial charge in [0.05, 0.1) is 0 Å². The second kappa shape index (κ2) is 8.41. The largest absolute Gasteiger partial charge is 0.326 e. The summed E-state index contributed by atoms with van der Waals surface area (Å²) in [6.45, 7) is 2.64. The molecule has 2 aromatic carbocycles. The van der Waals surface area contributed by atoms with Gasteiger partial charge in [-0.25, -0.2) is 0 Å². The highest BCUT2D eigenvalue weighted by Gasteiger charge is 2.25. The number of piperidine rings is 1. The molecule has 0 unspecified atom stereocenters. The second-order valence-electron chi connectivity index (χ2n) is 6.33. The minimum absolute atomic E-state index is 0.00775. The molecule has 3 rings (SSSR count). The molecule has 0 atom stereocenters. The molecule has 0 aromatic heterocycles. The van der Waals surface area contributed by atoms with Crippen molar-refractivity contribution in [2.45, 2.75) is 19.4 Å². The number of halogens is 3. The quantitative estimate of drug-likeness (QED) is 0.739. The molecule has 1 aliphatic rings. The highest BCUT2D eigenvalue weighted by atomic mass is 35.5. The van der Waals surface area contributed by atoms with Crippen molar-refractivity contribution in [3.05, 3.63) is 63.1 Å². The van der Waals surface area contributed by atoms with Crippen molar-refractivity contribution >= 4 is 46.4 Å². The van der Waals surface area contributed by atoms with Crippen LogP contribution in [0.1, 0.15) is 18.4 Å². The van der Waals surface area contributed by atoms with E-state index in [4.69, 9.17) is 34.8 Å². The molecule has 1 aliphatic heterocycles. The summed E-state index contributed by atoms with van der Waals surface area (Å²) < 4.78 is 0. The highest BCUT2D eigenvalue weighted by molar-refractivity contribution is 6.35. The number of hydrogen-bond donors (Lipinski definition) is 1. The van der Waals surface area contributed by atoms with E-state index in [9.17, 15) is 4.79 Å². The minimum atomic E-state index is 0.00775.